The molecular weight excluding hydrogens is 570 g/mol. The maximum absolute atomic E-state index is 13.7. The molecule has 5 rings (SSSR count). The molecule has 12 heteroatoms. The fourth-order valence-electron chi connectivity index (χ4n) is 4.60. The molecule has 3 atom stereocenters. The molecule has 0 radical (unpaired) electrons. The van der Waals surface area contributed by atoms with Crippen molar-refractivity contribution in [1.82, 2.24) is 0 Å². The molecule has 0 saturated carbocycles. The molecule has 0 spiro atoms. The number of rotatable bonds is 6. The molecule has 2 heterocycles. The first-order valence-electron chi connectivity index (χ1n) is 11.2. The van der Waals surface area contributed by atoms with E-state index in [9.17, 15) is 24.8 Å². The molecule has 2 aliphatic rings. The van der Waals surface area contributed by atoms with Gasteiger partial charge in [0.05, 0.1) is 33.4 Å². The van der Waals surface area contributed by atoms with Crippen molar-refractivity contribution in [2.45, 2.75) is 19.1 Å². The van der Waals surface area contributed by atoms with Crippen molar-refractivity contribution in [1.29, 1.82) is 0 Å². The van der Waals surface area contributed by atoms with Gasteiger partial charge in [-0.15, -0.1) is 0 Å². The van der Waals surface area contributed by atoms with E-state index in [1.54, 1.807) is 49.4 Å². The van der Waals surface area contributed by atoms with Crippen molar-refractivity contribution < 1.29 is 29.2 Å². The Morgan fingerprint density at radius 2 is 1.84 bits per heavy atom. The first-order chi connectivity index (χ1) is 17.7. The van der Waals surface area contributed by atoms with Crippen LogP contribution in [-0.4, -0.2) is 34.6 Å². The molecule has 2 aliphatic heterocycles. The summed E-state index contributed by atoms with van der Waals surface area (Å²) in [7, 11) is 0. The highest BCUT2D eigenvalue weighted by Crippen LogP contribution is 2.50. The third-order valence-electron chi connectivity index (χ3n) is 6.19. The summed E-state index contributed by atoms with van der Waals surface area (Å²) in [6, 6.07) is 14.3. The van der Waals surface area contributed by atoms with Crippen LogP contribution >= 0.6 is 27.5 Å². The summed E-state index contributed by atoms with van der Waals surface area (Å²) >= 11 is 9.30. The molecular formula is C25H19BrClN3O7. The van der Waals surface area contributed by atoms with Crippen molar-refractivity contribution in [2.24, 2.45) is 5.92 Å². The zero-order valence-electron chi connectivity index (χ0n) is 19.2. The van der Waals surface area contributed by atoms with E-state index in [-0.39, 0.29) is 29.5 Å². The minimum absolute atomic E-state index is 0.125. The number of nitro groups is 1. The van der Waals surface area contributed by atoms with Crippen LogP contribution in [-0.2, 0) is 14.4 Å². The van der Waals surface area contributed by atoms with Gasteiger partial charge in [0.1, 0.15) is 5.92 Å². The number of anilines is 2. The molecule has 2 fully saturated rings. The number of nitro benzene ring substituents is 1. The van der Waals surface area contributed by atoms with E-state index in [1.165, 1.54) is 23.3 Å². The number of hydrogen-bond acceptors (Lipinski definition) is 8. The van der Waals surface area contributed by atoms with Crippen LogP contribution in [0.15, 0.2) is 65.1 Å². The smallest absolute Gasteiger partial charge is 0.271 e. The van der Waals surface area contributed by atoms with Crippen molar-refractivity contribution in [3.05, 3.63) is 85.8 Å². The second-order valence-corrected chi connectivity index (χ2v) is 9.66. The average molecular weight is 589 g/mol. The number of nitrogens with zero attached hydrogens (tertiary/aromatic N) is 3. The van der Waals surface area contributed by atoms with Gasteiger partial charge in [-0.25, -0.2) is 9.96 Å². The lowest BCUT2D eigenvalue weighted by molar-refractivity contribution is -0.384. The number of halogens is 2. The Balaban J connectivity index is 1.64. The van der Waals surface area contributed by atoms with Gasteiger partial charge in [0.15, 0.2) is 17.6 Å². The van der Waals surface area contributed by atoms with Crippen molar-refractivity contribution >= 4 is 56.4 Å². The lowest BCUT2D eigenvalue weighted by Crippen LogP contribution is -2.37. The van der Waals surface area contributed by atoms with Crippen LogP contribution < -0.4 is 14.7 Å². The minimum atomic E-state index is -1.18. The number of imide groups is 1. The molecule has 0 aliphatic carbocycles. The largest absolute Gasteiger partial charge is 0.503 e. The number of hydrogen-bond donors (Lipinski definition) is 1. The van der Waals surface area contributed by atoms with E-state index in [0.717, 1.165) is 4.90 Å². The summed E-state index contributed by atoms with van der Waals surface area (Å²) in [4.78, 5) is 45.2. The van der Waals surface area contributed by atoms with Gasteiger partial charge < -0.3 is 9.84 Å². The van der Waals surface area contributed by atoms with Crippen LogP contribution in [0.5, 0.6) is 11.5 Å². The standard InChI is InChI=1S/C25H19BrClN3O7/c1-2-36-19-11-13(10-18(26)22(19)31)21-20-23(37-29(21)16-4-3-5-17(12-16)30(34)35)25(33)28(24(20)32)15-8-6-14(27)7-9-15/h3-12,20-21,23,31H,2H2,1H3/t20-,21-,23-/m0/s1. The van der Waals surface area contributed by atoms with Gasteiger partial charge in [0.2, 0.25) is 5.91 Å². The number of fused-ring (bicyclic) bond motifs is 1. The average Bonchev–Trinajstić information content (AvgIpc) is 3.38. The van der Waals surface area contributed by atoms with Crippen LogP contribution in [0, 0.1) is 16.0 Å². The third kappa shape index (κ3) is 4.28. The summed E-state index contributed by atoms with van der Waals surface area (Å²) in [5.74, 6) is -2.02. The molecule has 3 aromatic rings. The number of carbonyl (C=O) groups is 2. The second-order valence-electron chi connectivity index (χ2n) is 8.37. The Morgan fingerprint density at radius 3 is 2.51 bits per heavy atom. The van der Waals surface area contributed by atoms with Crippen LogP contribution in [0.2, 0.25) is 5.02 Å². The van der Waals surface area contributed by atoms with E-state index < -0.39 is 34.8 Å². The van der Waals surface area contributed by atoms with Crippen molar-refractivity contribution in [2.75, 3.05) is 16.6 Å². The van der Waals surface area contributed by atoms with Crippen molar-refractivity contribution in [3.63, 3.8) is 0 Å². The molecule has 2 amide bonds. The number of phenols is 1. The topological polar surface area (TPSA) is 122 Å². The number of hydroxylamine groups is 1. The second kappa shape index (κ2) is 9.66. The fraction of sp³-hybridized carbons (Fsp3) is 0.200. The molecule has 3 aromatic carbocycles. The van der Waals surface area contributed by atoms with Crippen molar-refractivity contribution in [3.8, 4) is 11.5 Å². The summed E-state index contributed by atoms with van der Waals surface area (Å²) in [6.07, 6.45) is -1.18. The number of amides is 2. The van der Waals surface area contributed by atoms with Gasteiger partial charge in [-0.3, -0.25) is 24.5 Å². The Labute approximate surface area is 224 Å². The summed E-state index contributed by atoms with van der Waals surface area (Å²) in [5.41, 5.74) is 0.944. The SMILES string of the molecule is CCOc1cc([C@H]2[C@@H]3C(=O)N(c4ccc(Cl)cc4)C(=O)[C@H]3ON2c2cccc([N+](=O)[O-])c2)cc(Br)c1O. The third-order valence-corrected chi connectivity index (χ3v) is 7.04. The lowest BCUT2D eigenvalue weighted by Gasteiger charge is -2.29. The zero-order valence-corrected chi connectivity index (χ0v) is 21.5. The molecule has 0 bridgehead atoms. The number of aromatic hydroxyl groups is 1. The Morgan fingerprint density at radius 1 is 1.11 bits per heavy atom. The highest BCUT2D eigenvalue weighted by Gasteiger charge is 2.60. The van der Waals surface area contributed by atoms with Gasteiger partial charge in [0.25, 0.3) is 11.6 Å². The van der Waals surface area contributed by atoms with Gasteiger partial charge in [0, 0.05) is 17.2 Å². The molecule has 0 aromatic heterocycles. The molecule has 190 valence electrons. The minimum Gasteiger partial charge on any atom is -0.503 e. The monoisotopic (exact) mass is 587 g/mol. The number of carbonyl (C=O) groups excluding carboxylic acids is 2. The molecule has 10 nitrogen and oxygen atoms in total. The van der Waals surface area contributed by atoms with Crippen LogP contribution in [0.25, 0.3) is 0 Å². The summed E-state index contributed by atoms with van der Waals surface area (Å²) in [5, 5.41) is 23.6. The Bertz CT molecular complexity index is 1420. The van der Waals surface area contributed by atoms with Crippen LogP contribution in [0.1, 0.15) is 18.5 Å². The molecule has 2 saturated heterocycles. The summed E-state index contributed by atoms with van der Waals surface area (Å²) < 4.78 is 5.87. The maximum atomic E-state index is 13.7. The van der Waals surface area contributed by atoms with E-state index in [4.69, 9.17) is 21.2 Å². The number of non-ortho nitro benzene ring substituents is 1. The first kappa shape index (κ1) is 25.0. The van der Waals surface area contributed by atoms with E-state index >= 15 is 0 Å². The lowest BCUT2D eigenvalue weighted by atomic mass is 9.90. The summed E-state index contributed by atoms with van der Waals surface area (Å²) in [6.45, 7) is 2.03. The molecule has 1 N–H and O–H groups in total. The van der Waals surface area contributed by atoms with Gasteiger partial charge in [-0.1, -0.05) is 17.7 Å². The van der Waals surface area contributed by atoms with Crippen LogP contribution in [0.4, 0.5) is 17.1 Å². The zero-order chi connectivity index (χ0) is 26.4. The van der Waals surface area contributed by atoms with Crippen LogP contribution in [0.3, 0.4) is 0 Å². The van der Waals surface area contributed by atoms with Gasteiger partial charge in [-0.2, -0.15) is 0 Å². The predicted octanol–water partition coefficient (Wildman–Crippen LogP) is 5.17. The molecule has 0 unspecified atom stereocenters. The normalized spacial score (nSPS) is 20.9. The first-order valence-corrected chi connectivity index (χ1v) is 12.4. The Kier molecular flexibility index (Phi) is 6.52. The van der Waals surface area contributed by atoms with Gasteiger partial charge in [-0.05, 0) is 70.9 Å². The Hall–Kier alpha value is -3.67. The van der Waals surface area contributed by atoms with E-state index in [1.807, 2.05) is 0 Å². The maximum Gasteiger partial charge on any atom is 0.271 e. The highest BCUT2D eigenvalue weighted by atomic mass is 79.9. The van der Waals surface area contributed by atoms with E-state index in [0.29, 0.717) is 20.7 Å². The quantitative estimate of drug-likeness (QED) is 0.238. The fourth-order valence-corrected chi connectivity index (χ4v) is 5.18. The number of ether oxygens (including phenoxy) is 1. The molecule has 37 heavy (non-hydrogen) atoms. The number of benzene rings is 3. The highest BCUT2D eigenvalue weighted by molar-refractivity contribution is 9.10. The predicted molar refractivity (Wildman–Crippen MR) is 138 cm³/mol. The van der Waals surface area contributed by atoms with E-state index in [2.05, 4.69) is 15.9 Å². The van der Waals surface area contributed by atoms with Gasteiger partial charge >= 0.3 is 0 Å². The number of phenolic OH excluding ortho intramolecular Hbond substituents is 1.